The SMILES string of the molecule is CC(C)(C)c1ccc(S(=O)(=O)Cc2cc(C#N)nn2-c2cccc3ncccc23)cc1.CC(C)(C)c1ccc(S(=O)(=O)Cc2cc(CF)nn2-c2cccc3ncccc23)cc1.CC(C)c1ccc(S(=O)(=O)Cc2cc(C(F)F)nn2-c2cccc3ncccc23)cc1.CCC(C)(C)c1ccc(S(=O)(=O)Cc2cc(C)nn2-c2cccc3ncccc23)cc1. The van der Waals surface area contributed by atoms with E-state index in [9.17, 15) is 52.1 Å². The summed E-state index contributed by atoms with van der Waals surface area (Å²) in [6, 6.07) is 72.8. The number of nitrogens with zero attached hydrogens (tertiary/aromatic N) is 13. The monoisotopic (exact) mass is 1740 g/mol. The number of sulfone groups is 4. The minimum atomic E-state index is -3.77. The van der Waals surface area contributed by atoms with Gasteiger partial charge in [0.05, 0.1) is 122 Å². The van der Waals surface area contributed by atoms with Gasteiger partial charge in [-0.2, -0.15) is 25.7 Å². The fourth-order valence-electron chi connectivity index (χ4n) is 14.3. The highest BCUT2D eigenvalue weighted by Crippen LogP contribution is 2.35. The van der Waals surface area contributed by atoms with Crippen LogP contribution in [-0.4, -0.2) is 92.7 Å². The molecule has 8 aromatic carbocycles. The first kappa shape index (κ1) is 89.1. The molecule has 636 valence electrons. The standard InChI is InChI=1S/C25H27N3O2S.C24H24FN3O2S.C24H22N4O2S.C23H21F2N3O2S/c1-5-25(3,4)19-11-13-21(14-12-19)31(29,30)17-20-16-18(2)27-28(20)24-10-6-9-23-22(24)8-7-15-26-23;2*1-24(2,3)17-9-11-20(12-10-17)31(29,30)16-19-14-18(15-25)27-28(19)23-8-4-7-22-21(23)6-5-13-26-22;1-15(2)16-8-10-18(11-9-16)31(29,30)14-17-13-21(23(24)25)27-28(17)22-7-3-6-20-19(22)5-4-12-26-20/h6-16H,5,17H2,1-4H3;4-14H,15-16H2,1-3H3;4-14H,16H2,1-3H3;3-13,15,23H,14H2,1-2H3. The fourth-order valence-corrected chi connectivity index (χ4v) is 19.5. The van der Waals surface area contributed by atoms with Crippen LogP contribution in [0.1, 0.15) is 163 Å². The lowest BCUT2D eigenvalue weighted by Crippen LogP contribution is -2.16. The quantitative estimate of drug-likeness (QED) is 0.0646. The Balaban J connectivity index is 0.000000142. The lowest BCUT2D eigenvalue weighted by molar-refractivity contribution is 0.145. The zero-order chi connectivity index (χ0) is 88.8. The van der Waals surface area contributed by atoms with E-state index in [1.807, 2.05) is 154 Å². The van der Waals surface area contributed by atoms with Gasteiger partial charge in [-0.05, 0) is 228 Å². The molecule has 0 aliphatic heterocycles. The molecule has 0 atom stereocenters. The summed E-state index contributed by atoms with van der Waals surface area (Å²) in [6.45, 7) is 24.1. The molecule has 0 bridgehead atoms. The van der Waals surface area contributed by atoms with Gasteiger partial charge in [-0.3, -0.25) is 19.9 Å². The maximum atomic E-state index is 13.4. The average molecular weight is 1740 g/mol. The number of fused-ring (bicyclic) bond motifs is 4. The van der Waals surface area contributed by atoms with Gasteiger partial charge < -0.3 is 0 Å². The van der Waals surface area contributed by atoms with Crippen molar-refractivity contribution in [1.29, 1.82) is 5.26 Å². The Labute approximate surface area is 720 Å². The number of benzene rings is 8. The van der Waals surface area contributed by atoms with Gasteiger partial charge in [-0.1, -0.05) is 149 Å². The molecule has 16 aromatic rings. The van der Waals surface area contributed by atoms with Crippen LogP contribution in [-0.2, 0) is 85.3 Å². The maximum absolute atomic E-state index is 13.4. The second kappa shape index (κ2) is 36.4. The number of halogens is 3. The maximum Gasteiger partial charge on any atom is 0.282 e. The molecular weight excluding hydrogens is 1650 g/mol. The molecule has 0 radical (unpaired) electrons. The van der Waals surface area contributed by atoms with E-state index in [0.717, 1.165) is 78.8 Å². The van der Waals surface area contributed by atoms with Crippen molar-refractivity contribution >= 4 is 83.0 Å². The van der Waals surface area contributed by atoms with Gasteiger partial charge in [-0.15, -0.1) is 0 Å². The predicted molar refractivity (Wildman–Crippen MR) is 479 cm³/mol. The Hall–Kier alpha value is -12.7. The number of alkyl halides is 3. The van der Waals surface area contributed by atoms with Crippen LogP contribution in [0.4, 0.5) is 13.2 Å². The largest absolute Gasteiger partial charge is 0.282 e. The van der Waals surface area contributed by atoms with Gasteiger partial charge in [0.2, 0.25) is 0 Å². The van der Waals surface area contributed by atoms with E-state index in [1.54, 1.807) is 127 Å². The van der Waals surface area contributed by atoms with E-state index in [1.165, 1.54) is 26.2 Å². The fraction of sp³-hybridized carbons (Fsp3) is 0.240. The van der Waals surface area contributed by atoms with E-state index in [-0.39, 0.29) is 71.2 Å². The summed E-state index contributed by atoms with van der Waals surface area (Å²) in [6.07, 6.45) is 4.93. The molecule has 0 spiro atoms. The Bertz CT molecular complexity index is 7100. The molecule has 0 fully saturated rings. The second-order valence-electron chi connectivity index (χ2n) is 33.1. The number of hydrogen-bond donors (Lipinski definition) is 0. The van der Waals surface area contributed by atoms with Gasteiger partial charge in [0.15, 0.2) is 45.0 Å². The van der Waals surface area contributed by atoms with Crippen molar-refractivity contribution in [3.05, 3.63) is 335 Å². The summed E-state index contributed by atoms with van der Waals surface area (Å²) in [5.41, 5.74) is 12.1. The Kier molecular flexibility index (Phi) is 26.2. The van der Waals surface area contributed by atoms with Crippen molar-refractivity contribution in [2.45, 2.75) is 167 Å². The molecule has 21 nitrogen and oxygen atoms in total. The van der Waals surface area contributed by atoms with Gasteiger partial charge in [0.1, 0.15) is 18.4 Å². The smallest absolute Gasteiger partial charge is 0.256 e. The lowest BCUT2D eigenvalue weighted by Gasteiger charge is -2.23. The highest BCUT2D eigenvalue weighted by atomic mass is 32.2. The van der Waals surface area contributed by atoms with E-state index in [0.29, 0.717) is 49.9 Å². The Morgan fingerprint density at radius 1 is 0.387 bits per heavy atom. The topological polar surface area (TPSA) is 283 Å². The number of rotatable bonds is 21. The first-order chi connectivity index (χ1) is 58.8. The highest BCUT2D eigenvalue weighted by Gasteiger charge is 2.29. The first-order valence-electron chi connectivity index (χ1n) is 40.1. The third kappa shape index (κ3) is 20.1. The molecule has 8 aromatic heterocycles. The van der Waals surface area contributed by atoms with Crippen LogP contribution in [0.2, 0.25) is 0 Å². The molecule has 8 heterocycles. The number of hydrogen-bond acceptors (Lipinski definition) is 17. The Morgan fingerprint density at radius 2 is 0.710 bits per heavy atom. The van der Waals surface area contributed by atoms with Crippen molar-refractivity contribution in [3.63, 3.8) is 0 Å². The molecule has 0 aliphatic rings. The molecule has 124 heavy (non-hydrogen) atoms. The summed E-state index contributed by atoms with van der Waals surface area (Å²) in [7, 11) is -14.6. The predicted octanol–water partition coefficient (Wildman–Crippen LogP) is 20.6. The van der Waals surface area contributed by atoms with E-state index in [2.05, 4.69) is 103 Å². The summed E-state index contributed by atoms with van der Waals surface area (Å²) in [5.74, 6) is -0.865. The van der Waals surface area contributed by atoms with Crippen molar-refractivity contribution in [1.82, 2.24) is 59.1 Å². The molecule has 28 heteroatoms. The molecule has 0 saturated carbocycles. The molecule has 0 N–H and O–H groups in total. The van der Waals surface area contributed by atoms with Crippen molar-refractivity contribution in [2.75, 3.05) is 0 Å². The van der Waals surface area contributed by atoms with Gasteiger partial charge in [0.25, 0.3) is 6.43 Å². The highest BCUT2D eigenvalue weighted by molar-refractivity contribution is 7.91. The summed E-state index contributed by atoms with van der Waals surface area (Å²) in [4.78, 5) is 18.3. The van der Waals surface area contributed by atoms with Crippen LogP contribution in [0.15, 0.2) is 287 Å². The summed E-state index contributed by atoms with van der Waals surface area (Å²) in [5, 5.41) is 29.9. The van der Waals surface area contributed by atoms with Gasteiger partial charge >= 0.3 is 0 Å². The van der Waals surface area contributed by atoms with Crippen LogP contribution in [0.25, 0.3) is 66.4 Å². The molecule has 0 aliphatic carbocycles. The molecular formula is C96H94F3N13O8S4. The average Bonchev–Trinajstić information content (AvgIpc) is 1.61. The zero-order valence-corrected chi connectivity index (χ0v) is 73.9. The number of aromatic nitrogens is 12. The molecule has 0 amide bonds. The summed E-state index contributed by atoms with van der Waals surface area (Å²) >= 11 is 0. The van der Waals surface area contributed by atoms with E-state index in [4.69, 9.17) is 0 Å². The van der Waals surface area contributed by atoms with Crippen LogP contribution >= 0.6 is 0 Å². The third-order valence-corrected chi connectivity index (χ3v) is 28.2. The first-order valence-corrected chi connectivity index (χ1v) is 46.7. The van der Waals surface area contributed by atoms with Crippen LogP contribution in [0.5, 0.6) is 0 Å². The Morgan fingerprint density at radius 3 is 1.05 bits per heavy atom. The van der Waals surface area contributed by atoms with Gasteiger partial charge in [0, 0.05) is 46.3 Å². The third-order valence-electron chi connectivity index (χ3n) is 21.5. The van der Waals surface area contributed by atoms with Crippen LogP contribution < -0.4 is 0 Å². The van der Waals surface area contributed by atoms with Crippen molar-refractivity contribution < 1.29 is 46.8 Å². The zero-order valence-electron chi connectivity index (χ0n) is 70.6. The van der Waals surface area contributed by atoms with E-state index >= 15 is 0 Å². The van der Waals surface area contributed by atoms with Crippen molar-refractivity contribution in [2.24, 2.45) is 0 Å². The normalized spacial score (nSPS) is 12.3. The van der Waals surface area contributed by atoms with Crippen LogP contribution in [0, 0.1) is 18.3 Å². The number of pyridine rings is 4. The van der Waals surface area contributed by atoms with E-state index < -0.39 is 63.9 Å². The number of aryl methyl sites for hydroxylation is 1. The van der Waals surface area contributed by atoms with Gasteiger partial charge in [-0.25, -0.2) is 65.6 Å². The minimum absolute atomic E-state index is 0.0143. The van der Waals surface area contributed by atoms with Crippen molar-refractivity contribution in [3.8, 4) is 28.8 Å². The number of nitriles is 1. The molecule has 0 unspecified atom stereocenters. The lowest BCUT2D eigenvalue weighted by atomic mass is 9.82. The molecule has 16 rings (SSSR count). The minimum Gasteiger partial charge on any atom is -0.256 e. The summed E-state index contributed by atoms with van der Waals surface area (Å²) < 4.78 is 152. The second-order valence-corrected chi connectivity index (χ2v) is 41.1. The van der Waals surface area contributed by atoms with Crippen LogP contribution in [0.3, 0.4) is 0 Å². The molecule has 0 saturated heterocycles.